The van der Waals surface area contributed by atoms with Gasteiger partial charge in [-0.2, -0.15) is 5.10 Å². The van der Waals surface area contributed by atoms with E-state index in [4.69, 9.17) is 28.9 Å². The summed E-state index contributed by atoms with van der Waals surface area (Å²) in [7, 11) is 0. The molecule has 0 saturated carbocycles. The molecule has 7 heteroatoms. The highest BCUT2D eigenvalue weighted by Crippen LogP contribution is 2.33. The van der Waals surface area contributed by atoms with Crippen molar-refractivity contribution >= 4 is 28.9 Å². The fourth-order valence-electron chi connectivity index (χ4n) is 1.79. The third kappa shape index (κ3) is 2.33. The van der Waals surface area contributed by atoms with Gasteiger partial charge in [-0.15, -0.1) is 0 Å². The van der Waals surface area contributed by atoms with Gasteiger partial charge in [-0.05, 0) is 24.3 Å². The van der Waals surface area contributed by atoms with Crippen LogP contribution in [0.3, 0.4) is 0 Å². The molecule has 0 aliphatic rings. The van der Waals surface area contributed by atoms with Crippen LogP contribution in [0.15, 0.2) is 42.9 Å². The summed E-state index contributed by atoms with van der Waals surface area (Å²) in [5, 5.41) is 5.47. The Bertz CT molecular complexity index is 755. The standard InChI is InChI=1S/C13H9Cl2N5/c14-8-2-3-10(15)9(6-8)12-11(16)7-20(19-12)13-17-4-1-5-18-13/h1-7H,16H2. The first-order valence-electron chi connectivity index (χ1n) is 5.73. The minimum Gasteiger partial charge on any atom is -0.396 e. The fraction of sp³-hybridized carbons (Fsp3) is 0. The van der Waals surface area contributed by atoms with E-state index < -0.39 is 0 Å². The van der Waals surface area contributed by atoms with E-state index >= 15 is 0 Å². The summed E-state index contributed by atoms with van der Waals surface area (Å²) in [5.74, 6) is 0.434. The Hall–Kier alpha value is -2.11. The molecule has 0 radical (unpaired) electrons. The molecule has 0 unspecified atom stereocenters. The molecule has 3 aromatic rings. The summed E-state index contributed by atoms with van der Waals surface area (Å²) in [5.41, 5.74) is 7.68. The molecule has 0 atom stereocenters. The number of benzene rings is 1. The molecule has 2 N–H and O–H groups in total. The molecule has 0 aliphatic heterocycles. The zero-order chi connectivity index (χ0) is 14.1. The summed E-state index contributed by atoms with van der Waals surface area (Å²) in [6.07, 6.45) is 4.90. The van der Waals surface area contributed by atoms with Gasteiger partial charge in [0.15, 0.2) is 0 Å². The van der Waals surface area contributed by atoms with Crippen LogP contribution in [0.2, 0.25) is 10.0 Å². The Morgan fingerprint density at radius 1 is 1.10 bits per heavy atom. The number of nitrogens with zero attached hydrogens (tertiary/aromatic N) is 4. The first-order valence-corrected chi connectivity index (χ1v) is 6.48. The predicted octanol–water partition coefficient (Wildman–Crippen LogP) is 3.22. The summed E-state index contributed by atoms with van der Waals surface area (Å²) in [6, 6.07) is 6.86. The SMILES string of the molecule is Nc1cn(-c2ncccn2)nc1-c1cc(Cl)ccc1Cl. The monoisotopic (exact) mass is 305 g/mol. The van der Waals surface area contributed by atoms with Gasteiger partial charge in [-0.25, -0.2) is 14.6 Å². The zero-order valence-electron chi connectivity index (χ0n) is 10.2. The van der Waals surface area contributed by atoms with E-state index in [1.165, 1.54) is 4.68 Å². The van der Waals surface area contributed by atoms with Crippen LogP contribution in [0.4, 0.5) is 5.69 Å². The van der Waals surface area contributed by atoms with Crippen molar-refractivity contribution in [2.45, 2.75) is 0 Å². The van der Waals surface area contributed by atoms with Crippen LogP contribution in [-0.2, 0) is 0 Å². The molecule has 0 aliphatic carbocycles. The van der Waals surface area contributed by atoms with Gasteiger partial charge in [0, 0.05) is 23.0 Å². The maximum Gasteiger partial charge on any atom is 0.250 e. The molecule has 0 amide bonds. The van der Waals surface area contributed by atoms with Crippen LogP contribution < -0.4 is 5.73 Å². The van der Waals surface area contributed by atoms with E-state index in [2.05, 4.69) is 15.1 Å². The van der Waals surface area contributed by atoms with Gasteiger partial charge in [0.2, 0.25) is 0 Å². The average molecular weight is 306 g/mol. The number of hydrogen-bond donors (Lipinski definition) is 1. The quantitative estimate of drug-likeness (QED) is 0.789. The number of nitrogens with two attached hydrogens (primary N) is 1. The van der Waals surface area contributed by atoms with Crippen LogP contribution >= 0.6 is 23.2 Å². The molecule has 100 valence electrons. The Morgan fingerprint density at radius 3 is 2.60 bits per heavy atom. The number of hydrogen-bond acceptors (Lipinski definition) is 4. The molecular formula is C13H9Cl2N5. The van der Waals surface area contributed by atoms with E-state index in [-0.39, 0.29) is 0 Å². The van der Waals surface area contributed by atoms with E-state index in [0.717, 1.165) is 0 Å². The predicted molar refractivity (Wildman–Crippen MR) is 79.0 cm³/mol. The number of nitrogen functional groups attached to an aromatic ring is 1. The number of halogens is 2. The molecular weight excluding hydrogens is 297 g/mol. The van der Waals surface area contributed by atoms with E-state index in [1.54, 1.807) is 42.9 Å². The summed E-state index contributed by atoms with van der Waals surface area (Å²) >= 11 is 12.1. The van der Waals surface area contributed by atoms with Gasteiger partial charge < -0.3 is 5.73 Å². The van der Waals surface area contributed by atoms with Crippen LogP contribution in [0.1, 0.15) is 0 Å². The van der Waals surface area contributed by atoms with Gasteiger partial charge in [0.05, 0.1) is 16.9 Å². The second kappa shape index (κ2) is 5.11. The lowest BCUT2D eigenvalue weighted by molar-refractivity contribution is 0.811. The fourth-order valence-corrected chi connectivity index (χ4v) is 2.17. The lowest BCUT2D eigenvalue weighted by Crippen LogP contribution is -2.00. The molecule has 0 saturated heterocycles. The molecule has 0 bridgehead atoms. The van der Waals surface area contributed by atoms with Crippen molar-refractivity contribution < 1.29 is 0 Å². The highest BCUT2D eigenvalue weighted by molar-refractivity contribution is 6.35. The maximum atomic E-state index is 6.16. The molecule has 3 rings (SSSR count). The zero-order valence-corrected chi connectivity index (χ0v) is 11.7. The third-order valence-electron chi connectivity index (χ3n) is 2.68. The minimum atomic E-state index is 0.434. The van der Waals surface area contributed by atoms with Crippen molar-refractivity contribution in [3.8, 4) is 17.2 Å². The van der Waals surface area contributed by atoms with Crippen LogP contribution in [0.25, 0.3) is 17.2 Å². The van der Waals surface area contributed by atoms with Gasteiger partial charge in [-0.1, -0.05) is 23.2 Å². The molecule has 0 fully saturated rings. The molecule has 20 heavy (non-hydrogen) atoms. The van der Waals surface area contributed by atoms with Gasteiger partial charge in [-0.3, -0.25) is 0 Å². The van der Waals surface area contributed by atoms with E-state index in [1.807, 2.05) is 0 Å². The van der Waals surface area contributed by atoms with E-state index in [0.29, 0.717) is 32.9 Å². The second-order valence-electron chi connectivity index (χ2n) is 4.05. The lowest BCUT2D eigenvalue weighted by Gasteiger charge is -2.02. The Labute approximate surface area is 125 Å². The normalized spacial score (nSPS) is 10.7. The van der Waals surface area contributed by atoms with Crippen molar-refractivity contribution in [1.29, 1.82) is 0 Å². The van der Waals surface area contributed by atoms with Crippen LogP contribution in [0, 0.1) is 0 Å². The summed E-state index contributed by atoms with van der Waals surface area (Å²) in [6.45, 7) is 0. The largest absolute Gasteiger partial charge is 0.396 e. The van der Waals surface area contributed by atoms with Crippen LogP contribution in [-0.4, -0.2) is 19.7 Å². The maximum absolute atomic E-state index is 6.16. The van der Waals surface area contributed by atoms with Gasteiger partial charge in [0.25, 0.3) is 5.95 Å². The molecule has 1 aromatic carbocycles. The molecule has 2 heterocycles. The average Bonchev–Trinajstić information content (AvgIpc) is 2.84. The Morgan fingerprint density at radius 2 is 1.85 bits per heavy atom. The smallest absolute Gasteiger partial charge is 0.250 e. The first kappa shape index (κ1) is 12.9. The summed E-state index contributed by atoms with van der Waals surface area (Å²) in [4.78, 5) is 8.22. The highest BCUT2D eigenvalue weighted by Gasteiger charge is 2.14. The third-order valence-corrected chi connectivity index (χ3v) is 3.25. The Kier molecular flexibility index (Phi) is 3.30. The lowest BCUT2D eigenvalue weighted by atomic mass is 10.1. The van der Waals surface area contributed by atoms with Gasteiger partial charge in [0.1, 0.15) is 5.69 Å². The van der Waals surface area contributed by atoms with Crippen molar-refractivity contribution in [3.05, 3.63) is 52.9 Å². The summed E-state index contributed by atoms with van der Waals surface area (Å²) < 4.78 is 1.50. The first-order chi connectivity index (χ1) is 9.65. The van der Waals surface area contributed by atoms with Gasteiger partial charge >= 0.3 is 0 Å². The number of anilines is 1. The molecule has 0 spiro atoms. The highest BCUT2D eigenvalue weighted by atomic mass is 35.5. The van der Waals surface area contributed by atoms with Crippen LogP contribution in [0.5, 0.6) is 0 Å². The minimum absolute atomic E-state index is 0.434. The van der Waals surface area contributed by atoms with Crippen molar-refractivity contribution in [2.75, 3.05) is 5.73 Å². The molecule has 5 nitrogen and oxygen atoms in total. The number of aromatic nitrogens is 4. The van der Waals surface area contributed by atoms with Crippen molar-refractivity contribution in [2.24, 2.45) is 0 Å². The van der Waals surface area contributed by atoms with Crippen molar-refractivity contribution in [3.63, 3.8) is 0 Å². The van der Waals surface area contributed by atoms with E-state index in [9.17, 15) is 0 Å². The number of rotatable bonds is 2. The second-order valence-corrected chi connectivity index (χ2v) is 4.89. The molecule has 2 aromatic heterocycles. The Balaban J connectivity index is 2.12. The topological polar surface area (TPSA) is 69.6 Å². The van der Waals surface area contributed by atoms with Crippen molar-refractivity contribution in [1.82, 2.24) is 19.7 Å².